The van der Waals surface area contributed by atoms with Crippen molar-refractivity contribution < 1.29 is 9.59 Å². The Balaban J connectivity index is 1.57. The molecule has 0 aliphatic carbocycles. The lowest BCUT2D eigenvalue weighted by Crippen LogP contribution is -2.41. The zero-order valence-electron chi connectivity index (χ0n) is 13.6. The third kappa shape index (κ3) is 4.54. The van der Waals surface area contributed by atoms with Gasteiger partial charge in [0.1, 0.15) is 0 Å². The minimum absolute atomic E-state index is 0.216. The van der Waals surface area contributed by atoms with Gasteiger partial charge in [0.15, 0.2) is 0 Å². The van der Waals surface area contributed by atoms with Crippen LogP contribution < -0.4 is 10.9 Å². The Morgan fingerprint density at radius 2 is 1.52 bits per heavy atom. The summed E-state index contributed by atoms with van der Waals surface area (Å²) in [4.78, 5) is 23.7. The molecule has 0 bridgehead atoms. The molecule has 4 heteroatoms. The molecule has 3 aromatic carbocycles. The van der Waals surface area contributed by atoms with Gasteiger partial charge in [-0.3, -0.25) is 20.4 Å². The molecule has 25 heavy (non-hydrogen) atoms. The zero-order valence-corrected chi connectivity index (χ0v) is 13.6. The van der Waals surface area contributed by atoms with Crippen molar-refractivity contribution in [3.63, 3.8) is 0 Å². The van der Waals surface area contributed by atoms with Gasteiger partial charge in [0.2, 0.25) is 5.91 Å². The lowest BCUT2D eigenvalue weighted by Gasteiger charge is -2.05. The lowest BCUT2D eigenvalue weighted by molar-refractivity contribution is -0.126. The number of carbonyl (C=O) groups is 2. The van der Waals surface area contributed by atoms with Crippen LogP contribution in [0.2, 0.25) is 0 Å². The molecule has 0 heterocycles. The highest BCUT2D eigenvalue weighted by atomic mass is 16.2. The molecule has 124 valence electrons. The molecule has 0 radical (unpaired) electrons. The number of hydrogen-bond acceptors (Lipinski definition) is 2. The third-order valence-electron chi connectivity index (χ3n) is 3.77. The predicted molar refractivity (Wildman–Crippen MR) is 99.4 cm³/mol. The number of hydrazine groups is 1. The summed E-state index contributed by atoms with van der Waals surface area (Å²) >= 11 is 0. The van der Waals surface area contributed by atoms with Gasteiger partial charge in [-0.15, -0.1) is 0 Å². The minimum atomic E-state index is -0.380. The summed E-state index contributed by atoms with van der Waals surface area (Å²) in [6.07, 6.45) is 3.36. The van der Waals surface area contributed by atoms with E-state index in [0.29, 0.717) is 0 Å². The molecule has 0 unspecified atom stereocenters. The molecular formula is C21H18N2O2. The molecule has 0 saturated carbocycles. The summed E-state index contributed by atoms with van der Waals surface area (Å²) < 4.78 is 0. The van der Waals surface area contributed by atoms with E-state index < -0.39 is 0 Å². The quantitative estimate of drug-likeness (QED) is 0.570. The van der Waals surface area contributed by atoms with E-state index in [1.54, 1.807) is 6.08 Å². The second-order valence-electron chi connectivity index (χ2n) is 5.60. The average molecular weight is 330 g/mol. The van der Waals surface area contributed by atoms with Crippen molar-refractivity contribution >= 4 is 28.7 Å². The van der Waals surface area contributed by atoms with Gasteiger partial charge in [-0.2, -0.15) is 0 Å². The van der Waals surface area contributed by atoms with Crippen LogP contribution in [-0.2, 0) is 16.0 Å². The first kappa shape index (κ1) is 16.5. The molecule has 2 N–H and O–H groups in total. The molecule has 3 aromatic rings. The van der Waals surface area contributed by atoms with E-state index in [1.165, 1.54) is 6.08 Å². The highest BCUT2D eigenvalue weighted by Crippen LogP contribution is 2.19. The number of fused-ring (bicyclic) bond motifs is 1. The number of rotatable bonds is 4. The van der Waals surface area contributed by atoms with Gasteiger partial charge in [0.05, 0.1) is 6.42 Å². The third-order valence-corrected chi connectivity index (χ3v) is 3.77. The second-order valence-corrected chi connectivity index (χ2v) is 5.60. The van der Waals surface area contributed by atoms with Crippen molar-refractivity contribution in [3.8, 4) is 0 Å². The number of nitrogens with one attached hydrogen (secondary N) is 2. The van der Waals surface area contributed by atoms with Crippen LogP contribution in [0.3, 0.4) is 0 Å². The fraction of sp³-hybridized carbons (Fsp3) is 0.0476. The van der Waals surface area contributed by atoms with Crippen molar-refractivity contribution in [2.75, 3.05) is 0 Å². The van der Waals surface area contributed by atoms with Gasteiger partial charge in [0, 0.05) is 6.08 Å². The zero-order chi connectivity index (χ0) is 17.5. The summed E-state index contributed by atoms with van der Waals surface area (Å²) in [7, 11) is 0. The van der Waals surface area contributed by atoms with Crippen LogP contribution >= 0.6 is 0 Å². The van der Waals surface area contributed by atoms with Crippen molar-refractivity contribution in [3.05, 3.63) is 90.0 Å². The van der Waals surface area contributed by atoms with Crippen LogP contribution in [0, 0.1) is 0 Å². The Labute approximate surface area is 146 Å². The molecule has 4 nitrogen and oxygen atoms in total. The minimum Gasteiger partial charge on any atom is -0.273 e. The lowest BCUT2D eigenvalue weighted by atomic mass is 10.0. The summed E-state index contributed by atoms with van der Waals surface area (Å²) in [5, 5.41) is 2.18. The maximum absolute atomic E-state index is 11.9. The molecular weight excluding hydrogens is 312 g/mol. The topological polar surface area (TPSA) is 58.2 Å². The van der Waals surface area contributed by atoms with Crippen molar-refractivity contribution in [1.82, 2.24) is 10.9 Å². The Morgan fingerprint density at radius 1 is 0.800 bits per heavy atom. The fourth-order valence-corrected chi connectivity index (χ4v) is 2.56. The monoisotopic (exact) mass is 330 g/mol. The Hall–Kier alpha value is -3.40. The predicted octanol–water partition coefficient (Wildman–Crippen LogP) is 3.24. The smallest absolute Gasteiger partial charge is 0.262 e. The SMILES string of the molecule is O=C(C=Cc1cccc2ccccc12)NNC(=O)Cc1ccccc1. The van der Waals surface area contributed by atoms with E-state index in [-0.39, 0.29) is 18.2 Å². The van der Waals surface area contributed by atoms with Gasteiger partial charge >= 0.3 is 0 Å². The van der Waals surface area contributed by atoms with Crippen LogP contribution in [0.15, 0.2) is 78.9 Å². The number of amides is 2. The number of carbonyl (C=O) groups excluding carboxylic acids is 2. The van der Waals surface area contributed by atoms with Crippen LogP contribution in [0.25, 0.3) is 16.8 Å². The molecule has 0 fully saturated rings. The standard InChI is InChI=1S/C21H18N2O2/c24-20(22-23-21(25)15-16-7-2-1-3-8-16)14-13-18-11-6-10-17-9-4-5-12-19(17)18/h1-14H,15H2,(H,22,24)(H,23,25). The van der Waals surface area contributed by atoms with Crippen LogP contribution in [0.1, 0.15) is 11.1 Å². The Kier molecular flexibility index (Phi) is 5.22. The average Bonchev–Trinajstić information content (AvgIpc) is 2.65. The molecule has 0 spiro atoms. The van der Waals surface area contributed by atoms with Crippen molar-refractivity contribution in [2.24, 2.45) is 0 Å². The van der Waals surface area contributed by atoms with E-state index in [4.69, 9.17) is 0 Å². The van der Waals surface area contributed by atoms with E-state index in [9.17, 15) is 9.59 Å². The maximum atomic E-state index is 11.9. The summed E-state index contributed by atoms with van der Waals surface area (Å²) in [6, 6.07) is 23.2. The second kappa shape index (κ2) is 7.93. The highest BCUT2D eigenvalue weighted by molar-refractivity contribution is 5.97. The van der Waals surface area contributed by atoms with E-state index in [0.717, 1.165) is 21.9 Å². The van der Waals surface area contributed by atoms with Gasteiger partial charge in [-0.1, -0.05) is 72.8 Å². The summed E-state index contributed by atoms with van der Waals surface area (Å²) in [5.74, 6) is -0.646. The normalized spacial score (nSPS) is 10.7. The Morgan fingerprint density at radius 3 is 2.36 bits per heavy atom. The van der Waals surface area contributed by atoms with E-state index >= 15 is 0 Å². The van der Waals surface area contributed by atoms with Crippen LogP contribution in [0.5, 0.6) is 0 Å². The highest BCUT2D eigenvalue weighted by Gasteiger charge is 2.04. The Bertz CT molecular complexity index is 912. The van der Waals surface area contributed by atoms with Crippen molar-refractivity contribution in [2.45, 2.75) is 6.42 Å². The molecule has 2 amide bonds. The first-order valence-corrected chi connectivity index (χ1v) is 8.01. The van der Waals surface area contributed by atoms with E-state index in [1.807, 2.05) is 72.8 Å². The molecule has 0 saturated heterocycles. The first-order chi connectivity index (χ1) is 12.2. The maximum Gasteiger partial charge on any atom is 0.262 e. The number of benzene rings is 3. The van der Waals surface area contributed by atoms with Crippen molar-refractivity contribution in [1.29, 1.82) is 0 Å². The molecule has 0 atom stereocenters. The van der Waals surface area contributed by atoms with Gasteiger partial charge in [-0.25, -0.2) is 0 Å². The molecule has 0 aliphatic heterocycles. The van der Waals surface area contributed by atoms with Crippen LogP contribution in [-0.4, -0.2) is 11.8 Å². The van der Waals surface area contributed by atoms with E-state index in [2.05, 4.69) is 10.9 Å². The fourth-order valence-electron chi connectivity index (χ4n) is 2.56. The van der Waals surface area contributed by atoms with Gasteiger partial charge in [-0.05, 0) is 28.0 Å². The van der Waals surface area contributed by atoms with Gasteiger partial charge < -0.3 is 0 Å². The molecule has 3 rings (SSSR count). The summed E-state index contributed by atoms with van der Waals surface area (Å²) in [5.41, 5.74) is 6.65. The van der Waals surface area contributed by atoms with Gasteiger partial charge in [0.25, 0.3) is 5.91 Å². The number of hydrogen-bond donors (Lipinski definition) is 2. The molecule has 0 aromatic heterocycles. The largest absolute Gasteiger partial charge is 0.273 e. The first-order valence-electron chi connectivity index (χ1n) is 8.01. The summed E-state index contributed by atoms with van der Waals surface area (Å²) in [6.45, 7) is 0. The van der Waals surface area contributed by atoms with Crippen LogP contribution in [0.4, 0.5) is 0 Å². The molecule has 0 aliphatic rings.